The summed E-state index contributed by atoms with van der Waals surface area (Å²) in [4.78, 5) is 132. The zero-order chi connectivity index (χ0) is 77.8. The van der Waals surface area contributed by atoms with Crippen LogP contribution in [0.4, 0.5) is 28.9 Å². The number of carbonyl (C=O) groups is 10. The third-order valence-corrected chi connectivity index (χ3v) is 20.9. The molecule has 11 N–H and O–H groups in total. The van der Waals surface area contributed by atoms with E-state index in [1.54, 1.807) is 40.7 Å². The lowest BCUT2D eigenvalue weighted by Gasteiger charge is -2.57. The van der Waals surface area contributed by atoms with Gasteiger partial charge in [0.25, 0.3) is 0 Å². The first-order valence-electron chi connectivity index (χ1n) is 37.7. The molecule has 0 radical (unpaired) electrons. The summed E-state index contributed by atoms with van der Waals surface area (Å²) in [7, 11) is 0. The van der Waals surface area contributed by atoms with Gasteiger partial charge >= 0.3 is 24.2 Å². The van der Waals surface area contributed by atoms with Crippen LogP contribution in [0.5, 0.6) is 0 Å². The van der Waals surface area contributed by atoms with Gasteiger partial charge in [-0.15, -0.1) is 11.8 Å². The minimum absolute atomic E-state index is 0.0178. The van der Waals surface area contributed by atoms with E-state index in [2.05, 4.69) is 49.1 Å². The molecule has 5 fully saturated rings. The van der Waals surface area contributed by atoms with Gasteiger partial charge in [-0.1, -0.05) is 73.1 Å². The summed E-state index contributed by atoms with van der Waals surface area (Å²) in [6.45, 7) is 13.0. The van der Waals surface area contributed by atoms with Crippen molar-refractivity contribution in [3.63, 3.8) is 0 Å². The van der Waals surface area contributed by atoms with Crippen LogP contribution in [0.2, 0.25) is 0 Å². The number of benzene rings is 1. The van der Waals surface area contributed by atoms with Gasteiger partial charge in [-0.3, -0.25) is 28.8 Å². The van der Waals surface area contributed by atoms with Crippen molar-refractivity contribution in [3.05, 3.63) is 53.6 Å². The summed E-state index contributed by atoms with van der Waals surface area (Å²) in [5.74, 6) is 0.446. The van der Waals surface area contributed by atoms with E-state index in [1.165, 1.54) is 30.3 Å². The number of ether oxygens (including phenoxy) is 9. The first-order valence-corrected chi connectivity index (χ1v) is 37.7. The van der Waals surface area contributed by atoms with Gasteiger partial charge in [-0.25, -0.2) is 28.0 Å². The van der Waals surface area contributed by atoms with Crippen LogP contribution in [0.25, 0.3) is 0 Å². The van der Waals surface area contributed by atoms with Crippen molar-refractivity contribution in [3.8, 4) is 11.8 Å². The second kappa shape index (κ2) is 42.3. The molecular formula is C76H112F2N8O21. The Bertz CT molecular complexity index is 3280. The predicted octanol–water partition coefficient (Wildman–Crippen LogP) is 5.54. The molecule has 4 saturated carbocycles. The highest BCUT2D eigenvalue weighted by Gasteiger charge is 2.77. The summed E-state index contributed by atoms with van der Waals surface area (Å²) in [5.41, 5.74) is 0.304. The van der Waals surface area contributed by atoms with Crippen molar-refractivity contribution in [1.82, 2.24) is 31.9 Å². The lowest BCUT2D eigenvalue weighted by Crippen LogP contribution is -2.66. The molecule has 5 aliphatic carbocycles. The zero-order valence-electron chi connectivity index (χ0n) is 62.7. The second-order valence-corrected chi connectivity index (χ2v) is 29.3. The van der Waals surface area contributed by atoms with Crippen molar-refractivity contribution in [2.45, 2.75) is 211 Å². The molecule has 1 heterocycles. The first kappa shape index (κ1) is 86.5. The van der Waals surface area contributed by atoms with E-state index in [0.29, 0.717) is 88.8 Å². The van der Waals surface area contributed by atoms with Gasteiger partial charge in [0.1, 0.15) is 42.6 Å². The Hall–Kier alpha value is -7.70. The van der Waals surface area contributed by atoms with Gasteiger partial charge in [0, 0.05) is 55.8 Å². The van der Waals surface area contributed by atoms with E-state index in [-0.39, 0.29) is 95.1 Å². The molecular weight excluding hydrogens is 1400 g/mol. The average molecular weight is 1510 g/mol. The minimum atomic E-state index is -2.35. The van der Waals surface area contributed by atoms with E-state index >= 15 is 8.78 Å². The molecule has 1 aromatic carbocycles. The van der Waals surface area contributed by atoms with Crippen LogP contribution in [0.1, 0.15) is 150 Å². The number of alkyl carbamates (subject to hydrolysis) is 2. The van der Waals surface area contributed by atoms with Gasteiger partial charge in [0.05, 0.1) is 78.3 Å². The summed E-state index contributed by atoms with van der Waals surface area (Å²) >= 11 is 0. The number of carbonyl (C=O) groups excluding carboxylic acids is 10. The normalized spacial score (nSPS) is 26.9. The standard InChI is InChI=1S/C76H112F2N8O21/c1-8-10-17-51(88)37-49-40-75(78)56(38-57(49)77)55-39-63-76(74(55,7)41-61(75)89,107-65(106-63)16-9-2)62(90)45-103-70(95)59(36-46(3)4)84-68(93)60(42-87)85-73(98)104-43-48-21-23-50(24-22-48)82-67(92)58(20-15-26-80-71(79)96)83-69(94)66(47(5)6)86-64(91)25-28-99-30-32-101-34-35-102-33-31-100-29-27-81-72(97)105-44-54-52-18-13-11-12-14-19-53(52)54/h10,17,21-24,37,46-47,52-61,63,65-66,87,89H,8-9,13-16,18-20,25-36,38-45H2,1-7H3,(H,81,97)(H,82,92)(H,83,94)(H,84,93)(H,85,98)(H,86,91)(H3,79,80,96)/b17-10-,49-37+/t52-,53+,54-,55-,56-,57-,58-,59-,60-,61-,63+,65?,66-,74-,75-,76+/m0/s1. The smallest absolute Gasteiger partial charge is 0.408 e. The first-order chi connectivity index (χ1) is 51.2. The maximum absolute atomic E-state index is 17.4. The van der Waals surface area contributed by atoms with Crippen LogP contribution in [0, 0.1) is 58.7 Å². The number of hydrogen-bond donors (Lipinski definition) is 10. The number of halogens is 2. The molecule has 1 aliphatic heterocycles. The molecule has 8 amide bonds. The van der Waals surface area contributed by atoms with Crippen molar-refractivity contribution in [2.24, 2.45) is 52.6 Å². The number of primary amides is 1. The Morgan fingerprint density at radius 1 is 0.757 bits per heavy atom. The number of urea groups is 1. The number of esters is 1. The highest BCUT2D eigenvalue weighted by atomic mass is 19.1. The topological polar surface area (TPSA) is 404 Å². The Morgan fingerprint density at radius 3 is 2.04 bits per heavy atom. The summed E-state index contributed by atoms with van der Waals surface area (Å²) < 4.78 is 84.9. The molecule has 0 aromatic heterocycles. The van der Waals surface area contributed by atoms with Crippen LogP contribution in [-0.2, 0) is 82.8 Å². The van der Waals surface area contributed by atoms with E-state index < -0.39 is 162 Å². The quantitative estimate of drug-likeness (QED) is 0.0126. The highest BCUT2D eigenvalue weighted by molar-refractivity contribution is 6.00. The van der Waals surface area contributed by atoms with E-state index in [4.69, 9.17) is 48.4 Å². The molecule has 31 heteroatoms. The van der Waals surface area contributed by atoms with Crippen LogP contribution < -0.4 is 43.0 Å². The van der Waals surface area contributed by atoms with Gasteiger partial charge in [-0.2, -0.15) is 0 Å². The molecule has 0 bridgehead atoms. The molecule has 0 spiro atoms. The zero-order valence-corrected chi connectivity index (χ0v) is 62.7. The minimum Gasteiger partial charge on any atom is -0.456 e. The maximum atomic E-state index is 17.4. The molecule has 7 rings (SSSR count). The van der Waals surface area contributed by atoms with Crippen molar-refractivity contribution >= 4 is 65.1 Å². The summed E-state index contributed by atoms with van der Waals surface area (Å²) in [6.07, 6.45) is 1.64. The number of aliphatic hydroxyl groups is 2. The fourth-order valence-electron chi connectivity index (χ4n) is 15.3. The number of aliphatic hydroxyl groups excluding tert-OH is 2. The number of Topliss-reactive ketones (excluding diaryl/α,β-unsaturated/α-hetero) is 1. The number of nitrogens with one attached hydrogen (secondary N) is 7. The number of nitrogens with two attached hydrogens (primary N) is 1. The third-order valence-electron chi connectivity index (χ3n) is 20.9. The van der Waals surface area contributed by atoms with Crippen LogP contribution in [0.3, 0.4) is 0 Å². The van der Waals surface area contributed by atoms with E-state index in [0.717, 1.165) is 31.8 Å². The third kappa shape index (κ3) is 24.7. The molecule has 1 unspecified atom stereocenters. The fraction of sp³-hybridized carbons (Fsp3) is 0.711. The SMILES string of the molecule is CC/C=C\C(=O)/C=C1\C[C@@]2(F)[C@@H](O)C[C@@]3(C)[C@@H](C[C@H]4OC(CCC)O[C@]43C(=O)COC(=O)[C@H](CC(C)C)NC(=O)[C@H](CO)NC(=O)OCc3ccc(NC(=O)[C@H](CCCNC(N)=O)NC(=O)[C@@H](NC(=O)CCOCCOCCOCCOCCNC(=O)OC[C@@H]4[C@@H]5CCC#CCC[C@@H]54)C(C)C)cc3)[C@@H]2C[C@@H]1F. The van der Waals surface area contributed by atoms with Crippen LogP contribution in [-0.4, -0.2) is 215 Å². The van der Waals surface area contributed by atoms with Crippen molar-refractivity contribution < 1.29 is 110 Å². The van der Waals surface area contributed by atoms with E-state index in [9.17, 15) is 58.2 Å². The molecule has 1 saturated heterocycles. The largest absolute Gasteiger partial charge is 0.456 e. The second-order valence-electron chi connectivity index (χ2n) is 29.3. The Kier molecular flexibility index (Phi) is 34.2. The molecule has 596 valence electrons. The number of allylic oxidation sites excluding steroid dienone is 4. The average Bonchev–Trinajstić information content (AvgIpc) is 1.53. The molecule has 29 nitrogen and oxygen atoms in total. The van der Waals surface area contributed by atoms with Gasteiger partial charge in [0.2, 0.25) is 29.4 Å². The molecule has 1 aromatic rings. The van der Waals surface area contributed by atoms with Gasteiger partial charge in [0.15, 0.2) is 24.3 Å². The highest BCUT2D eigenvalue weighted by Crippen LogP contribution is 2.69. The van der Waals surface area contributed by atoms with Gasteiger partial charge in [-0.05, 0) is 135 Å². The summed E-state index contributed by atoms with van der Waals surface area (Å²) in [5, 5.41) is 40.2. The van der Waals surface area contributed by atoms with Crippen molar-refractivity contribution in [2.75, 3.05) is 91.1 Å². The van der Waals surface area contributed by atoms with E-state index in [1.807, 2.05) is 13.8 Å². The predicted molar refractivity (Wildman–Crippen MR) is 384 cm³/mol. The monoisotopic (exact) mass is 1510 g/mol. The van der Waals surface area contributed by atoms with Crippen LogP contribution >= 0.6 is 0 Å². The lowest BCUT2D eigenvalue weighted by molar-refractivity contribution is -0.217. The number of rotatable bonds is 44. The molecule has 16 atom stereocenters. The molecule has 6 aliphatic rings. The number of amides is 8. The number of anilines is 1. The Morgan fingerprint density at radius 2 is 1.41 bits per heavy atom. The van der Waals surface area contributed by atoms with Crippen LogP contribution in [0.15, 0.2) is 48.1 Å². The molecule has 107 heavy (non-hydrogen) atoms. The maximum Gasteiger partial charge on any atom is 0.408 e. The van der Waals surface area contributed by atoms with Crippen molar-refractivity contribution in [1.29, 1.82) is 0 Å². The number of hydrogen-bond acceptors (Lipinski definition) is 21. The fourth-order valence-corrected chi connectivity index (χ4v) is 15.3. The number of fused-ring (bicyclic) bond motifs is 6. The number of ketones is 2. The lowest BCUT2D eigenvalue weighted by atomic mass is 9.50. The Labute approximate surface area is 624 Å². The number of alkyl halides is 2. The summed E-state index contributed by atoms with van der Waals surface area (Å²) in [6, 6.07) is -0.0262. The van der Waals surface area contributed by atoms with Gasteiger partial charge < -0.3 is 95.8 Å². The Balaban J connectivity index is 0.811.